The summed E-state index contributed by atoms with van der Waals surface area (Å²) in [5, 5.41) is 9.12. The summed E-state index contributed by atoms with van der Waals surface area (Å²) in [7, 11) is 0. The second-order valence-electron chi connectivity index (χ2n) is 4.40. The van der Waals surface area contributed by atoms with Gasteiger partial charge in [0.25, 0.3) is 5.91 Å². The Kier molecular flexibility index (Phi) is 5.41. The number of hydrogen-bond donors (Lipinski definition) is 1. The molecule has 0 aliphatic carbocycles. The van der Waals surface area contributed by atoms with Gasteiger partial charge < -0.3 is 10.0 Å². The lowest BCUT2D eigenvalue weighted by Gasteiger charge is -2.21. The molecule has 1 amide bonds. The van der Waals surface area contributed by atoms with Crippen molar-refractivity contribution in [2.45, 2.75) is 6.54 Å². The van der Waals surface area contributed by atoms with Gasteiger partial charge in [0.2, 0.25) is 0 Å². The van der Waals surface area contributed by atoms with Crippen LogP contribution in [0.25, 0.3) is 0 Å². The molecule has 0 fully saturated rings. The Morgan fingerprint density at radius 2 is 2.14 bits per heavy atom. The van der Waals surface area contributed by atoms with E-state index in [0.717, 1.165) is 4.47 Å². The van der Waals surface area contributed by atoms with E-state index in [9.17, 15) is 9.18 Å². The summed E-state index contributed by atoms with van der Waals surface area (Å²) in [5.74, 6) is -0.737. The van der Waals surface area contributed by atoms with Gasteiger partial charge >= 0.3 is 0 Å². The van der Waals surface area contributed by atoms with Crippen LogP contribution < -0.4 is 0 Å². The zero-order chi connectivity index (χ0) is 15.2. The molecule has 110 valence electrons. The van der Waals surface area contributed by atoms with Crippen molar-refractivity contribution in [3.8, 4) is 0 Å². The van der Waals surface area contributed by atoms with Gasteiger partial charge in [-0.05, 0) is 30.3 Å². The van der Waals surface area contributed by atoms with Crippen molar-refractivity contribution in [1.82, 2.24) is 9.88 Å². The minimum atomic E-state index is -0.394. The molecule has 0 atom stereocenters. The fraction of sp³-hybridized carbons (Fsp3) is 0.200. The summed E-state index contributed by atoms with van der Waals surface area (Å²) >= 11 is 3.28. The number of nitrogens with zero attached hydrogens (tertiary/aromatic N) is 2. The monoisotopic (exact) mass is 352 g/mol. The number of aliphatic hydroxyl groups is 1. The van der Waals surface area contributed by atoms with E-state index in [2.05, 4.69) is 20.9 Å². The Hall–Kier alpha value is -1.79. The summed E-state index contributed by atoms with van der Waals surface area (Å²) < 4.78 is 14.5. The van der Waals surface area contributed by atoms with Gasteiger partial charge in [-0.1, -0.05) is 22.0 Å². The molecule has 0 bridgehead atoms. The van der Waals surface area contributed by atoms with Crippen LogP contribution in [-0.4, -0.2) is 34.0 Å². The van der Waals surface area contributed by atoms with Crippen LogP contribution in [0.5, 0.6) is 0 Å². The Morgan fingerprint density at radius 1 is 1.33 bits per heavy atom. The van der Waals surface area contributed by atoms with E-state index in [1.54, 1.807) is 30.3 Å². The Balaban J connectivity index is 2.23. The third kappa shape index (κ3) is 4.09. The number of carbonyl (C=O) groups excluding carboxylic acids is 1. The molecule has 0 aliphatic rings. The standard InChI is InChI=1S/C15H14BrFN2O2/c16-12-4-5-13(17)11(9-12)10-19(7-8-20)15(21)14-3-1-2-6-18-14/h1-6,9,20H,7-8,10H2. The molecule has 0 saturated heterocycles. The lowest BCUT2D eigenvalue weighted by Crippen LogP contribution is -2.33. The number of pyridine rings is 1. The summed E-state index contributed by atoms with van der Waals surface area (Å²) in [6, 6.07) is 9.55. The SMILES string of the molecule is O=C(c1ccccn1)N(CCO)Cc1cc(Br)ccc1F. The van der Waals surface area contributed by atoms with E-state index >= 15 is 0 Å². The molecule has 0 radical (unpaired) electrons. The van der Waals surface area contributed by atoms with Crippen LogP contribution in [0, 0.1) is 5.82 Å². The molecule has 1 aromatic heterocycles. The minimum absolute atomic E-state index is 0.0707. The van der Waals surface area contributed by atoms with Crippen molar-refractivity contribution in [2.75, 3.05) is 13.2 Å². The van der Waals surface area contributed by atoms with E-state index in [1.807, 2.05) is 0 Å². The molecule has 21 heavy (non-hydrogen) atoms. The van der Waals surface area contributed by atoms with Crippen molar-refractivity contribution in [1.29, 1.82) is 0 Å². The third-order valence-electron chi connectivity index (χ3n) is 2.91. The summed E-state index contributed by atoms with van der Waals surface area (Å²) in [4.78, 5) is 17.7. The van der Waals surface area contributed by atoms with Gasteiger partial charge in [-0.15, -0.1) is 0 Å². The lowest BCUT2D eigenvalue weighted by molar-refractivity contribution is 0.0700. The zero-order valence-electron chi connectivity index (χ0n) is 11.2. The van der Waals surface area contributed by atoms with Crippen LogP contribution >= 0.6 is 15.9 Å². The van der Waals surface area contributed by atoms with Crippen molar-refractivity contribution < 1.29 is 14.3 Å². The van der Waals surface area contributed by atoms with Gasteiger partial charge in [0, 0.05) is 29.3 Å². The fourth-order valence-corrected chi connectivity index (χ4v) is 2.30. The van der Waals surface area contributed by atoms with Crippen LogP contribution in [0.1, 0.15) is 16.1 Å². The molecule has 1 heterocycles. The van der Waals surface area contributed by atoms with Crippen LogP contribution in [0.2, 0.25) is 0 Å². The topological polar surface area (TPSA) is 53.4 Å². The molecule has 0 unspecified atom stereocenters. The van der Waals surface area contributed by atoms with Gasteiger partial charge in [0.1, 0.15) is 11.5 Å². The highest BCUT2D eigenvalue weighted by Crippen LogP contribution is 2.18. The molecule has 1 N–H and O–H groups in total. The maximum Gasteiger partial charge on any atom is 0.272 e. The highest BCUT2D eigenvalue weighted by molar-refractivity contribution is 9.10. The molecular weight excluding hydrogens is 339 g/mol. The van der Waals surface area contributed by atoms with Gasteiger partial charge in [-0.3, -0.25) is 9.78 Å². The number of carbonyl (C=O) groups is 1. The molecule has 0 saturated carbocycles. The van der Waals surface area contributed by atoms with Gasteiger partial charge in [0.05, 0.1) is 6.61 Å². The lowest BCUT2D eigenvalue weighted by atomic mass is 10.2. The molecule has 2 rings (SSSR count). The Labute approximate surface area is 130 Å². The molecule has 1 aromatic carbocycles. The van der Waals surface area contributed by atoms with E-state index in [-0.39, 0.29) is 31.3 Å². The molecular formula is C15H14BrFN2O2. The van der Waals surface area contributed by atoms with Gasteiger partial charge in [0.15, 0.2) is 0 Å². The maximum atomic E-state index is 13.8. The maximum absolute atomic E-state index is 13.8. The van der Waals surface area contributed by atoms with Crippen molar-refractivity contribution in [3.05, 3.63) is 64.1 Å². The van der Waals surface area contributed by atoms with Crippen LogP contribution in [0.4, 0.5) is 4.39 Å². The minimum Gasteiger partial charge on any atom is -0.395 e. The highest BCUT2D eigenvalue weighted by atomic mass is 79.9. The Morgan fingerprint density at radius 3 is 2.81 bits per heavy atom. The van der Waals surface area contributed by atoms with Crippen LogP contribution in [0.3, 0.4) is 0 Å². The number of aromatic nitrogens is 1. The average molecular weight is 353 g/mol. The zero-order valence-corrected chi connectivity index (χ0v) is 12.8. The van der Waals surface area contributed by atoms with E-state index in [0.29, 0.717) is 5.56 Å². The largest absolute Gasteiger partial charge is 0.395 e. The quantitative estimate of drug-likeness (QED) is 0.899. The normalized spacial score (nSPS) is 10.4. The first-order valence-electron chi connectivity index (χ1n) is 6.37. The number of amides is 1. The average Bonchev–Trinajstić information content (AvgIpc) is 2.50. The van der Waals surface area contributed by atoms with Crippen molar-refractivity contribution in [3.63, 3.8) is 0 Å². The van der Waals surface area contributed by atoms with Crippen molar-refractivity contribution >= 4 is 21.8 Å². The van der Waals surface area contributed by atoms with E-state index in [1.165, 1.54) is 17.2 Å². The second kappa shape index (κ2) is 7.28. The first kappa shape index (κ1) is 15.6. The van der Waals surface area contributed by atoms with Crippen molar-refractivity contribution in [2.24, 2.45) is 0 Å². The predicted molar refractivity (Wildman–Crippen MR) is 80.2 cm³/mol. The third-order valence-corrected chi connectivity index (χ3v) is 3.40. The number of hydrogen-bond acceptors (Lipinski definition) is 3. The second-order valence-corrected chi connectivity index (χ2v) is 5.32. The molecule has 6 heteroatoms. The summed E-state index contributed by atoms with van der Waals surface area (Å²) in [6.07, 6.45) is 1.52. The fourth-order valence-electron chi connectivity index (χ4n) is 1.89. The van der Waals surface area contributed by atoms with Crippen LogP contribution in [0.15, 0.2) is 47.1 Å². The van der Waals surface area contributed by atoms with Gasteiger partial charge in [-0.25, -0.2) is 4.39 Å². The number of rotatable bonds is 5. The number of halogens is 2. The Bertz CT molecular complexity index is 622. The summed E-state index contributed by atoms with van der Waals surface area (Å²) in [5.41, 5.74) is 0.642. The smallest absolute Gasteiger partial charge is 0.272 e. The predicted octanol–water partition coefficient (Wildman–Crippen LogP) is 2.62. The first-order chi connectivity index (χ1) is 10.1. The molecule has 4 nitrogen and oxygen atoms in total. The number of benzene rings is 1. The van der Waals surface area contributed by atoms with Crippen LogP contribution in [-0.2, 0) is 6.54 Å². The molecule has 0 aliphatic heterocycles. The first-order valence-corrected chi connectivity index (χ1v) is 7.16. The molecule has 2 aromatic rings. The molecule has 0 spiro atoms. The van der Waals surface area contributed by atoms with E-state index in [4.69, 9.17) is 5.11 Å². The summed E-state index contributed by atoms with van der Waals surface area (Å²) in [6.45, 7) is -0.0171. The highest BCUT2D eigenvalue weighted by Gasteiger charge is 2.18. The van der Waals surface area contributed by atoms with E-state index < -0.39 is 5.82 Å². The number of aliphatic hydroxyl groups excluding tert-OH is 1. The van der Waals surface area contributed by atoms with Gasteiger partial charge in [-0.2, -0.15) is 0 Å².